The molecule has 2 N–H and O–H groups in total. The summed E-state index contributed by atoms with van der Waals surface area (Å²) in [5.74, 6) is -12.2. The minimum absolute atomic E-state index is 0.0393. The van der Waals surface area contributed by atoms with Crippen LogP contribution in [0.2, 0.25) is 10.0 Å². The molecule has 1 aromatic heterocycles. The molecule has 0 aliphatic heterocycles. The Morgan fingerprint density at radius 1 is 1.00 bits per heavy atom. The van der Waals surface area contributed by atoms with E-state index in [4.69, 9.17) is 34.2 Å². The van der Waals surface area contributed by atoms with E-state index in [2.05, 4.69) is 5.10 Å². The van der Waals surface area contributed by atoms with Crippen LogP contribution in [0.1, 0.15) is 11.3 Å². The maximum atomic E-state index is 13.8. The van der Waals surface area contributed by atoms with Crippen LogP contribution in [0.3, 0.4) is 0 Å². The topological polar surface area (TPSA) is 67.6 Å². The van der Waals surface area contributed by atoms with E-state index >= 15 is 0 Å². The fourth-order valence-corrected chi connectivity index (χ4v) is 4.63. The van der Waals surface area contributed by atoms with Crippen molar-refractivity contribution in [3.63, 3.8) is 0 Å². The summed E-state index contributed by atoms with van der Waals surface area (Å²) in [7, 11) is -10.3. The van der Waals surface area contributed by atoms with Crippen LogP contribution in [0.15, 0.2) is 17.0 Å². The van der Waals surface area contributed by atoms with Crippen LogP contribution in [-0.4, -0.2) is 28.1 Å². The standard InChI is InChI=1S/C14H5Cl2F11N4S/c15-5-1-4(32(23,24,25,26)27)2-6(16)9(5)31-10(29)8(7(3-28)30-31)12(11(17)18)13(19,20)14(12,21)22/h1-2,11H,29H2. The zero-order chi connectivity index (χ0) is 24.9. The summed E-state index contributed by atoms with van der Waals surface area (Å²) in [4.78, 5) is -2.58. The molecular formula is C14H5Cl2F11N4S. The Morgan fingerprint density at radius 3 is 1.75 bits per heavy atom. The predicted molar refractivity (Wildman–Crippen MR) is 91.7 cm³/mol. The van der Waals surface area contributed by atoms with E-state index in [9.17, 15) is 45.8 Å². The molecule has 0 unspecified atom stereocenters. The highest BCUT2D eigenvalue weighted by molar-refractivity contribution is 8.45. The lowest BCUT2D eigenvalue weighted by Gasteiger charge is -2.40. The zero-order valence-corrected chi connectivity index (χ0v) is 16.8. The normalized spacial score (nSPS) is 21.0. The van der Waals surface area contributed by atoms with Crippen molar-refractivity contribution in [2.75, 3.05) is 5.73 Å². The number of rotatable bonds is 4. The van der Waals surface area contributed by atoms with Gasteiger partial charge in [-0.2, -0.15) is 27.9 Å². The summed E-state index contributed by atoms with van der Waals surface area (Å²) in [5, 5.41) is 9.65. The largest absolute Gasteiger partial charge is 0.383 e. The first kappa shape index (κ1) is 24.5. The van der Waals surface area contributed by atoms with Crippen LogP contribution in [-0.2, 0) is 5.41 Å². The Labute approximate surface area is 180 Å². The monoisotopic (exact) mass is 540 g/mol. The average Bonchev–Trinajstić information content (AvgIpc) is 2.80. The van der Waals surface area contributed by atoms with E-state index in [0.29, 0.717) is 0 Å². The number of nitrogens with two attached hydrogens (primary N) is 1. The molecule has 0 radical (unpaired) electrons. The summed E-state index contributed by atoms with van der Waals surface area (Å²) < 4.78 is 147. The van der Waals surface area contributed by atoms with Crippen molar-refractivity contribution in [2.45, 2.75) is 28.6 Å². The van der Waals surface area contributed by atoms with E-state index < -0.39 is 71.6 Å². The second-order valence-corrected chi connectivity index (χ2v) is 9.82. The lowest BCUT2D eigenvalue weighted by atomic mass is 9.94. The average molecular weight is 541 g/mol. The number of halogens is 13. The van der Waals surface area contributed by atoms with Gasteiger partial charge in [0.15, 0.2) is 5.69 Å². The van der Waals surface area contributed by atoms with Crippen LogP contribution in [0.4, 0.5) is 51.6 Å². The van der Waals surface area contributed by atoms with Gasteiger partial charge in [0.25, 0.3) is 6.43 Å². The number of nitrogen functional groups attached to an aromatic ring is 1. The first-order valence-electron chi connectivity index (χ1n) is 7.62. The second kappa shape index (κ2) is 5.86. The van der Waals surface area contributed by atoms with Crippen molar-refractivity contribution >= 4 is 39.2 Å². The molecule has 0 spiro atoms. The summed E-state index contributed by atoms with van der Waals surface area (Å²) in [6.45, 7) is 0. The number of hydrogen-bond donors (Lipinski definition) is 1. The first-order chi connectivity index (χ1) is 14.1. The van der Waals surface area contributed by atoms with Gasteiger partial charge in [0.2, 0.25) is 5.41 Å². The van der Waals surface area contributed by atoms with Gasteiger partial charge in [-0.3, -0.25) is 0 Å². The van der Waals surface area contributed by atoms with Crippen molar-refractivity contribution in [2.24, 2.45) is 0 Å². The van der Waals surface area contributed by atoms with Crippen LogP contribution in [0, 0.1) is 11.3 Å². The molecule has 32 heavy (non-hydrogen) atoms. The Kier molecular flexibility index (Phi) is 4.49. The van der Waals surface area contributed by atoms with Gasteiger partial charge in [0.05, 0.1) is 15.6 Å². The maximum Gasteiger partial charge on any atom is 0.332 e. The number of hydrogen-bond acceptors (Lipinski definition) is 3. The molecule has 0 atom stereocenters. The fraction of sp³-hybridized carbons (Fsp3) is 0.286. The smallest absolute Gasteiger partial charge is 0.332 e. The molecule has 18 heteroatoms. The van der Waals surface area contributed by atoms with Crippen molar-refractivity contribution in [1.29, 1.82) is 5.26 Å². The molecule has 1 aliphatic carbocycles. The van der Waals surface area contributed by atoms with Crippen LogP contribution in [0.25, 0.3) is 5.69 Å². The van der Waals surface area contributed by atoms with E-state index in [-0.39, 0.29) is 16.8 Å². The third-order valence-electron chi connectivity index (χ3n) is 4.72. The Morgan fingerprint density at radius 2 is 1.44 bits per heavy atom. The number of aromatic nitrogens is 2. The van der Waals surface area contributed by atoms with Gasteiger partial charge in [-0.25, -0.2) is 13.5 Å². The van der Waals surface area contributed by atoms with Gasteiger partial charge in [0.1, 0.15) is 22.5 Å². The minimum atomic E-state index is -10.3. The molecule has 0 amide bonds. The third kappa shape index (κ3) is 2.93. The van der Waals surface area contributed by atoms with E-state index in [1.54, 1.807) is 0 Å². The molecule has 1 heterocycles. The SMILES string of the molecule is N#Cc1nn(-c2c(Cl)cc(S(F)(F)(F)(F)F)cc2Cl)c(N)c1C1(C(F)F)C(F)(F)C1(F)F. The number of anilines is 1. The predicted octanol–water partition coefficient (Wildman–Crippen LogP) is 7.08. The summed E-state index contributed by atoms with van der Waals surface area (Å²) >= 11 is 11.1. The molecule has 1 saturated carbocycles. The maximum absolute atomic E-state index is 13.8. The number of nitriles is 1. The fourth-order valence-electron chi connectivity index (χ4n) is 3.17. The number of alkyl halides is 6. The lowest BCUT2D eigenvalue weighted by Crippen LogP contribution is -2.29. The van der Waals surface area contributed by atoms with E-state index in [1.165, 1.54) is 0 Å². The van der Waals surface area contributed by atoms with Crippen molar-refractivity contribution in [3.05, 3.63) is 33.4 Å². The quantitative estimate of drug-likeness (QED) is 0.421. The molecule has 4 nitrogen and oxygen atoms in total. The molecule has 1 aliphatic rings. The van der Waals surface area contributed by atoms with Crippen molar-refractivity contribution in [1.82, 2.24) is 9.78 Å². The molecule has 3 rings (SSSR count). The van der Waals surface area contributed by atoms with Crippen molar-refractivity contribution in [3.8, 4) is 11.8 Å². The zero-order valence-electron chi connectivity index (χ0n) is 14.5. The van der Waals surface area contributed by atoms with Gasteiger partial charge >= 0.3 is 22.1 Å². The highest BCUT2D eigenvalue weighted by atomic mass is 35.5. The molecule has 2 aromatic rings. The highest BCUT2D eigenvalue weighted by Gasteiger charge is 3.01. The van der Waals surface area contributed by atoms with Gasteiger partial charge in [0, 0.05) is 0 Å². The number of benzene rings is 1. The Bertz CT molecular complexity index is 1160. The molecule has 1 aromatic carbocycles. The van der Waals surface area contributed by atoms with Crippen LogP contribution >= 0.6 is 33.4 Å². The van der Waals surface area contributed by atoms with Gasteiger partial charge in [-0.1, -0.05) is 42.6 Å². The molecule has 1 fully saturated rings. The lowest BCUT2D eigenvalue weighted by molar-refractivity contribution is -0.0278. The van der Waals surface area contributed by atoms with Gasteiger partial charge < -0.3 is 5.73 Å². The van der Waals surface area contributed by atoms with Crippen molar-refractivity contribution < 1.29 is 45.8 Å². The summed E-state index contributed by atoms with van der Waals surface area (Å²) in [6.07, 6.45) is -4.49. The third-order valence-corrected chi connectivity index (χ3v) is 6.42. The Balaban J connectivity index is 2.34. The van der Waals surface area contributed by atoms with Crippen LogP contribution < -0.4 is 5.73 Å². The minimum Gasteiger partial charge on any atom is -0.383 e. The molecule has 0 bridgehead atoms. The first-order valence-corrected chi connectivity index (χ1v) is 10.3. The van der Waals surface area contributed by atoms with Gasteiger partial charge in [-0.05, 0) is 12.1 Å². The van der Waals surface area contributed by atoms with Gasteiger partial charge in [-0.15, -0.1) is 0 Å². The van der Waals surface area contributed by atoms with E-state index in [0.717, 1.165) is 6.07 Å². The summed E-state index contributed by atoms with van der Waals surface area (Å²) in [6, 6.07) is 0.304. The highest BCUT2D eigenvalue weighted by Crippen LogP contribution is 3.02. The second-order valence-electron chi connectivity index (χ2n) is 6.59. The van der Waals surface area contributed by atoms with E-state index in [1.807, 2.05) is 0 Å². The molecular weight excluding hydrogens is 536 g/mol. The van der Waals surface area contributed by atoms with Crippen LogP contribution in [0.5, 0.6) is 0 Å². The number of nitrogens with zero attached hydrogens (tertiary/aromatic N) is 3. The molecule has 0 saturated heterocycles. The summed E-state index contributed by atoms with van der Waals surface area (Å²) in [5.41, 5.74) is -3.51. The molecule has 178 valence electrons. The Hall–Kier alpha value is -2.12.